The molecule has 0 aromatic heterocycles. The first-order chi connectivity index (χ1) is 20.7. The maximum absolute atomic E-state index is 14.4. The maximum atomic E-state index is 14.4. The van der Waals surface area contributed by atoms with Gasteiger partial charge in [-0.2, -0.15) is 0 Å². The third kappa shape index (κ3) is 8.46. The summed E-state index contributed by atoms with van der Waals surface area (Å²) >= 11 is 6.27. The zero-order valence-corrected chi connectivity index (χ0v) is 25.8. The Bertz CT molecular complexity index is 1600. The van der Waals surface area contributed by atoms with Crippen molar-refractivity contribution in [1.29, 1.82) is 0 Å². The van der Waals surface area contributed by atoms with E-state index in [0.717, 1.165) is 15.4 Å². The second kappa shape index (κ2) is 14.8. The molecule has 0 spiro atoms. The first-order valence-corrected chi connectivity index (χ1v) is 16.0. The van der Waals surface area contributed by atoms with Crippen LogP contribution in [0.25, 0.3) is 0 Å². The Balaban J connectivity index is 1.79. The molecule has 1 N–H and O–H groups in total. The van der Waals surface area contributed by atoms with E-state index in [1.165, 1.54) is 23.1 Å². The highest BCUT2D eigenvalue weighted by molar-refractivity contribution is 7.92. The van der Waals surface area contributed by atoms with E-state index in [0.29, 0.717) is 11.4 Å². The Morgan fingerprint density at radius 2 is 1.40 bits per heavy atom. The number of nitrogens with one attached hydrogen (secondary N) is 1. The fourth-order valence-electron chi connectivity index (χ4n) is 4.65. The van der Waals surface area contributed by atoms with Crippen LogP contribution in [0, 0.1) is 0 Å². The molecular formula is C34H36ClN3O4S. The quantitative estimate of drug-likeness (QED) is 0.197. The van der Waals surface area contributed by atoms with Crippen molar-refractivity contribution < 1.29 is 18.0 Å². The molecule has 2 amide bonds. The molecule has 43 heavy (non-hydrogen) atoms. The SMILES string of the molecule is CC[C@H](C)NC(=O)[C@H](Cc1ccccc1)N(Cc1ccccc1)C(=O)CN(c1cccc(Cl)c1)S(=O)(=O)c1ccccc1. The summed E-state index contributed by atoms with van der Waals surface area (Å²) in [4.78, 5) is 29.7. The zero-order valence-electron chi connectivity index (χ0n) is 24.3. The third-order valence-corrected chi connectivity index (χ3v) is 9.20. The second-order valence-electron chi connectivity index (χ2n) is 10.3. The van der Waals surface area contributed by atoms with Crippen LogP contribution in [0.5, 0.6) is 0 Å². The summed E-state index contributed by atoms with van der Waals surface area (Å²) in [6, 6.07) is 32.1. The molecule has 0 unspecified atom stereocenters. The van der Waals surface area contributed by atoms with E-state index in [-0.39, 0.29) is 35.5 Å². The van der Waals surface area contributed by atoms with Crippen LogP contribution < -0.4 is 9.62 Å². The van der Waals surface area contributed by atoms with E-state index in [9.17, 15) is 18.0 Å². The number of benzene rings is 4. The largest absolute Gasteiger partial charge is 0.352 e. The lowest BCUT2D eigenvalue weighted by molar-refractivity contribution is -0.140. The molecule has 4 aromatic rings. The van der Waals surface area contributed by atoms with Gasteiger partial charge in [0.25, 0.3) is 10.0 Å². The Labute approximate surface area is 259 Å². The molecule has 0 radical (unpaired) electrons. The number of amides is 2. The van der Waals surface area contributed by atoms with Gasteiger partial charge in [0.15, 0.2) is 0 Å². The number of hydrogen-bond acceptors (Lipinski definition) is 4. The fourth-order valence-corrected chi connectivity index (χ4v) is 6.27. The van der Waals surface area contributed by atoms with Gasteiger partial charge in [0, 0.05) is 24.0 Å². The minimum absolute atomic E-state index is 0.0349. The van der Waals surface area contributed by atoms with Gasteiger partial charge in [-0.3, -0.25) is 13.9 Å². The van der Waals surface area contributed by atoms with Gasteiger partial charge < -0.3 is 10.2 Å². The molecule has 0 bridgehead atoms. The first-order valence-electron chi connectivity index (χ1n) is 14.2. The standard InChI is InChI=1S/C34H36ClN3O4S/c1-3-26(2)36-34(40)32(22-27-14-7-4-8-15-27)37(24-28-16-9-5-10-17-28)33(39)25-38(30-19-13-18-29(35)23-30)43(41,42)31-20-11-6-12-21-31/h4-21,23,26,32H,3,22,24-25H2,1-2H3,(H,36,40)/t26-,32-/m0/s1. The number of carbonyl (C=O) groups excluding carboxylic acids is 2. The molecule has 4 aromatic carbocycles. The number of carbonyl (C=O) groups is 2. The van der Waals surface area contributed by atoms with E-state index >= 15 is 0 Å². The number of nitrogens with zero attached hydrogens (tertiary/aromatic N) is 2. The molecule has 0 heterocycles. The molecule has 0 fully saturated rings. The highest BCUT2D eigenvalue weighted by atomic mass is 35.5. The van der Waals surface area contributed by atoms with Gasteiger partial charge >= 0.3 is 0 Å². The summed E-state index contributed by atoms with van der Waals surface area (Å²) in [6.07, 6.45) is 0.971. The monoisotopic (exact) mass is 617 g/mol. The molecule has 0 aliphatic rings. The van der Waals surface area contributed by atoms with E-state index < -0.39 is 28.5 Å². The van der Waals surface area contributed by atoms with Crippen LogP contribution in [-0.4, -0.2) is 43.8 Å². The summed E-state index contributed by atoms with van der Waals surface area (Å²) in [6.45, 7) is 3.46. The van der Waals surface area contributed by atoms with Gasteiger partial charge in [-0.05, 0) is 54.8 Å². The molecule has 9 heteroatoms. The van der Waals surface area contributed by atoms with E-state index in [1.54, 1.807) is 36.4 Å². The summed E-state index contributed by atoms with van der Waals surface area (Å²) in [5.74, 6) is -0.828. The summed E-state index contributed by atoms with van der Waals surface area (Å²) < 4.78 is 29.0. The van der Waals surface area contributed by atoms with Gasteiger partial charge in [0.05, 0.1) is 10.6 Å². The molecule has 0 aliphatic heterocycles. The van der Waals surface area contributed by atoms with Gasteiger partial charge in [0.2, 0.25) is 11.8 Å². The van der Waals surface area contributed by atoms with E-state index in [1.807, 2.05) is 74.5 Å². The Morgan fingerprint density at radius 1 is 0.814 bits per heavy atom. The van der Waals surface area contributed by atoms with Crippen LogP contribution in [-0.2, 0) is 32.6 Å². The highest BCUT2D eigenvalue weighted by Crippen LogP contribution is 2.27. The van der Waals surface area contributed by atoms with Gasteiger partial charge in [-0.25, -0.2) is 8.42 Å². The minimum Gasteiger partial charge on any atom is -0.352 e. The van der Waals surface area contributed by atoms with Crippen LogP contribution >= 0.6 is 11.6 Å². The average molecular weight is 618 g/mol. The van der Waals surface area contributed by atoms with Crippen LogP contribution in [0.15, 0.2) is 120 Å². The van der Waals surface area contributed by atoms with E-state index in [2.05, 4.69) is 5.32 Å². The Kier molecular flexibility index (Phi) is 11.0. The predicted molar refractivity (Wildman–Crippen MR) is 171 cm³/mol. The highest BCUT2D eigenvalue weighted by Gasteiger charge is 2.35. The molecule has 0 saturated heterocycles. The van der Waals surface area contributed by atoms with Crippen LogP contribution in [0.1, 0.15) is 31.4 Å². The lowest BCUT2D eigenvalue weighted by Crippen LogP contribution is -2.54. The minimum atomic E-state index is -4.17. The number of anilines is 1. The summed E-state index contributed by atoms with van der Waals surface area (Å²) in [5.41, 5.74) is 1.93. The summed E-state index contributed by atoms with van der Waals surface area (Å²) in [7, 11) is -4.17. The number of halogens is 1. The second-order valence-corrected chi connectivity index (χ2v) is 12.6. The Hall–Kier alpha value is -4.14. The van der Waals surface area contributed by atoms with Gasteiger partial charge in [-0.1, -0.05) is 103 Å². The lowest BCUT2D eigenvalue weighted by Gasteiger charge is -2.34. The van der Waals surface area contributed by atoms with Crippen molar-refractivity contribution in [3.05, 3.63) is 131 Å². The van der Waals surface area contributed by atoms with Crippen molar-refractivity contribution in [2.75, 3.05) is 10.8 Å². The number of sulfonamides is 1. The van der Waals surface area contributed by atoms with Gasteiger partial charge in [-0.15, -0.1) is 0 Å². The smallest absolute Gasteiger partial charge is 0.264 e. The normalized spacial score (nSPS) is 12.6. The molecule has 7 nitrogen and oxygen atoms in total. The molecular weight excluding hydrogens is 582 g/mol. The van der Waals surface area contributed by atoms with Crippen LogP contribution in [0.3, 0.4) is 0 Å². The van der Waals surface area contributed by atoms with Crippen molar-refractivity contribution in [2.45, 2.75) is 50.2 Å². The number of rotatable bonds is 13. The van der Waals surface area contributed by atoms with Crippen molar-refractivity contribution in [3.63, 3.8) is 0 Å². The van der Waals surface area contributed by atoms with Crippen LogP contribution in [0.2, 0.25) is 5.02 Å². The maximum Gasteiger partial charge on any atom is 0.264 e. The molecule has 4 rings (SSSR count). The lowest BCUT2D eigenvalue weighted by atomic mass is 10.0. The van der Waals surface area contributed by atoms with Crippen molar-refractivity contribution in [2.24, 2.45) is 0 Å². The van der Waals surface area contributed by atoms with Crippen molar-refractivity contribution >= 4 is 39.1 Å². The average Bonchev–Trinajstić information content (AvgIpc) is 3.02. The zero-order chi connectivity index (χ0) is 30.8. The van der Waals surface area contributed by atoms with Gasteiger partial charge in [0.1, 0.15) is 12.6 Å². The molecule has 0 aliphatic carbocycles. The predicted octanol–water partition coefficient (Wildman–Crippen LogP) is 6.09. The fraction of sp³-hybridized carbons (Fsp3) is 0.235. The molecule has 2 atom stereocenters. The number of hydrogen-bond donors (Lipinski definition) is 1. The molecule has 0 saturated carbocycles. The summed E-state index contributed by atoms with van der Waals surface area (Å²) in [5, 5.41) is 3.37. The van der Waals surface area contributed by atoms with Crippen LogP contribution in [0.4, 0.5) is 5.69 Å². The third-order valence-electron chi connectivity index (χ3n) is 7.17. The van der Waals surface area contributed by atoms with E-state index in [4.69, 9.17) is 11.6 Å². The topological polar surface area (TPSA) is 86.8 Å². The first kappa shape index (κ1) is 31.8. The van der Waals surface area contributed by atoms with Crippen molar-refractivity contribution in [1.82, 2.24) is 10.2 Å². The molecule has 224 valence electrons. The Morgan fingerprint density at radius 3 is 1.98 bits per heavy atom. The van der Waals surface area contributed by atoms with Crippen molar-refractivity contribution in [3.8, 4) is 0 Å².